The van der Waals surface area contributed by atoms with E-state index in [4.69, 9.17) is 4.74 Å². The molecule has 2 N–H and O–H groups in total. The van der Waals surface area contributed by atoms with E-state index in [1.54, 1.807) is 0 Å². The maximum Gasteiger partial charge on any atom is 0.0636 e. The van der Waals surface area contributed by atoms with Crippen molar-refractivity contribution >= 4 is 0 Å². The first-order valence-corrected chi connectivity index (χ1v) is 4.26. The molecule has 0 amide bonds. The van der Waals surface area contributed by atoms with E-state index in [1.165, 1.54) is 0 Å². The number of hydrogen-bond donors (Lipinski definition) is 2. The van der Waals surface area contributed by atoms with Crippen LogP contribution in [0.3, 0.4) is 0 Å². The zero-order valence-corrected chi connectivity index (χ0v) is 7.18. The molecule has 2 rings (SSSR count). The molecule has 2 atom stereocenters. The van der Waals surface area contributed by atoms with Crippen molar-refractivity contribution in [1.29, 1.82) is 0 Å². The fourth-order valence-electron chi connectivity index (χ4n) is 1.84. The van der Waals surface area contributed by atoms with Gasteiger partial charge in [-0.3, -0.25) is 0 Å². The summed E-state index contributed by atoms with van der Waals surface area (Å²) in [5, 5.41) is 7.05. The molecule has 2 fully saturated rings. The quantitative estimate of drug-likeness (QED) is 0.506. The molecule has 0 aliphatic carbocycles. The van der Waals surface area contributed by atoms with Gasteiger partial charge in [-0.2, -0.15) is 0 Å². The molecule has 0 aromatic heterocycles. The lowest BCUT2D eigenvalue weighted by Crippen LogP contribution is -2.65. The number of hydrogen-bond acceptors (Lipinski definition) is 3. The Morgan fingerprint density at radius 1 is 1.27 bits per heavy atom. The Kier molecular flexibility index (Phi) is 1.67. The van der Waals surface area contributed by atoms with E-state index in [0.717, 1.165) is 19.8 Å². The summed E-state index contributed by atoms with van der Waals surface area (Å²) in [5.41, 5.74) is 0.231. The van der Waals surface area contributed by atoms with Gasteiger partial charge < -0.3 is 15.4 Å². The van der Waals surface area contributed by atoms with E-state index < -0.39 is 0 Å². The summed E-state index contributed by atoms with van der Waals surface area (Å²) in [7, 11) is 0. The largest absolute Gasteiger partial charge is 0.378 e. The van der Waals surface area contributed by atoms with Crippen LogP contribution in [0.1, 0.15) is 13.8 Å². The highest BCUT2D eigenvalue weighted by Gasteiger charge is 2.37. The molecule has 0 bridgehead atoms. The molecule has 0 aromatic rings. The van der Waals surface area contributed by atoms with E-state index in [9.17, 15) is 0 Å². The molecule has 0 radical (unpaired) electrons. The van der Waals surface area contributed by atoms with Crippen LogP contribution in [0, 0.1) is 0 Å². The van der Waals surface area contributed by atoms with E-state index in [2.05, 4.69) is 24.5 Å². The van der Waals surface area contributed by atoms with Crippen molar-refractivity contribution in [3.8, 4) is 0 Å². The van der Waals surface area contributed by atoms with Crippen LogP contribution in [-0.4, -0.2) is 37.4 Å². The van der Waals surface area contributed by atoms with Crippen molar-refractivity contribution in [3.05, 3.63) is 0 Å². The monoisotopic (exact) mass is 156 g/mol. The van der Waals surface area contributed by atoms with Gasteiger partial charge in [0.15, 0.2) is 0 Å². The van der Waals surface area contributed by atoms with E-state index in [-0.39, 0.29) is 5.54 Å². The summed E-state index contributed by atoms with van der Waals surface area (Å²) in [5.74, 6) is 0. The molecule has 3 heteroatoms. The van der Waals surface area contributed by atoms with Gasteiger partial charge in [0, 0.05) is 24.2 Å². The molecule has 0 unspecified atom stereocenters. The first kappa shape index (κ1) is 7.53. The lowest BCUT2D eigenvalue weighted by molar-refractivity contribution is 0.186. The van der Waals surface area contributed by atoms with Crippen LogP contribution in [0.15, 0.2) is 0 Å². The molecule has 2 heterocycles. The number of rotatable bonds is 0. The number of piperazine rings is 1. The molecule has 0 spiro atoms. The lowest BCUT2D eigenvalue weighted by atomic mass is 9.97. The Hall–Kier alpha value is -0.120. The molecule has 0 saturated carbocycles. The average Bonchev–Trinajstić information content (AvgIpc) is 2.31. The molecule has 0 aromatic carbocycles. The zero-order valence-electron chi connectivity index (χ0n) is 7.18. The first-order chi connectivity index (χ1) is 5.17. The third-order valence-electron chi connectivity index (χ3n) is 2.46. The van der Waals surface area contributed by atoms with Gasteiger partial charge in [-0.05, 0) is 13.8 Å². The van der Waals surface area contributed by atoms with E-state index in [0.29, 0.717) is 12.1 Å². The molecule has 2 aliphatic heterocycles. The maximum atomic E-state index is 5.36. The van der Waals surface area contributed by atoms with Gasteiger partial charge in [-0.1, -0.05) is 0 Å². The molecule has 2 saturated heterocycles. The predicted molar refractivity (Wildman–Crippen MR) is 43.6 cm³/mol. The van der Waals surface area contributed by atoms with Gasteiger partial charge in [0.05, 0.1) is 13.2 Å². The van der Waals surface area contributed by atoms with Crippen molar-refractivity contribution < 1.29 is 4.74 Å². The highest BCUT2D eigenvalue weighted by Crippen LogP contribution is 2.15. The second-order valence-corrected chi connectivity index (χ2v) is 4.16. The second kappa shape index (κ2) is 2.44. The molecule has 3 nitrogen and oxygen atoms in total. The average molecular weight is 156 g/mol. The third-order valence-corrected chi connectivity index (χ3v) is 2.46. The molecular weight excluding hydrogens is 140 g/mol. The minimum atomic E-state index is 0.231. The summed E-state index contributed by atoms with van der Waals surface area (Å²) >= 11 is 0. The summed E-state index contributed by atoms with van der Waals surface area (Å²) in [4.78, 5) is 0. The summed E-state index contributed by atoms with van der Waals surface area (Å²) in [6.45, 7) is 7.20. The van der Waals surface area contributed by atoms with Crippen LogP contribution in [0.5, 0.6) is 0 Å². The maximum absolute atomic E-state index is 5.36. The Morgan fingerprint density at radius 3 is 2.82 bits per heavy atom. The summed E-state index contributed by atoms with van der Waals surface area (Å²) in [6.07, 6.45) is 0. The first-order valence-electron chi connectivity index (χ1n) is 4.26. The SMILES string of the molecule is CC1(C)CN[C@H]2COC[C@H]2N1. The van der Waals surface area contributed by atoms with Crippen molar-refractivity contribution in [3.63, 3.8) is 0 Å². The number of nitrogens with one attached hydrogen (secondary N) is 2. The third kappa shape index (κ3) is 1.41. The Morgan fingerprint density at radius 2 is 2.00 bits per heavy atom. The van der Waals surface area contributed by atoms with Crippen LogP contribution in [0.2, 0.25) is 0 Å². The topological polar surface area (TPSA) is 33.3 Å². The normalized spacial score (nSPS) is 42.0. The van der Waals surface area contributed by atoms with Gasteiger partial charge in [0.25, 0.3) is 0 Å². The molecule has 64 valence electrons. The highest BCUT2D eigenvalue weighted by molar-refractivity contribution is 4.99. The Balaban J connectivity index is 2.02. The Bertz CT molecular complexity index is 158. The minimum Gasteiger partial charge on any atom is -0.378 e. The van der Waals surface area contributed by atoms with Crippen LogP contribution >= 0.6 is 0 Å². The number of fused-ring (bicyclic) bond motifs is 1. The van der Waals surface area contributed by atoms with Crippen molar-refractivity contribution in [2.24, 2.45) is 0 Å². The fraction of sp³-hybridized carbons (Fsp3) is 1.00. The van der Waals surface area contributed by atoms with E-state index in [1.807, 2.05) is 0 Å². The van der Waals surface area contributed by atoms with Crippen LogP contribution in [-0.2, 0) is 4.74 Å². The van der Waals surface area contributed by atoms with Crippen molar-refractivity contribution in [2.75, 3.05) is 19.8 Å². The summed E-state index contributed by atoms with van der Waals surface area (Å²) < 4.78 is 5.36. The van der Waals surface area contributed by atoms with Crippen LogP contribution in [0.4, 0.5) is 0 Å². The highest BCUT2D eigenvalue weighted by atomic mass is 16.5. The van der Waals surface area contributed by atoms with Crippen LogP contribution < -0.4 is 10.6 Å². The Labute approximate surface area is 67.5 Å². The number of ether oxygens (including phenoxy) is 1. The van der Waals surface area contributed by atoms with Gasteiger partial charge in [-0.15, -0.1) is 0 Å². The van der Waals surface area contributed by atoms with Crippen LogP contribution in [0.25, 0.3) is 0 Å². The smallest absolute Gasteiger partial charge is 0.0636 e. The minimum absolute atomic E-state index is 0.231. The fourth-order valence-corrected chi connectivity index (χ4v) is 1.84. The molecule has 11 heavy (non-hydrogen) atoms. The standard InChI is InChI=1S/C8H16N2O/c1-8(2)5-9-6-3-11-4-7(6)10-8/h6-7,9-10H,3-5H2,1-2H3/t6-,7+/m0/s1. The van der Waals surface area contributed by atoms with E-state index >= 15 is 0 Å². The van der Waals surface area contributed by atoms with Gasteiger partial charge in [-0.25, -0.2) is 0 Å². The lowest BCUT2D eigenvalue weighted by Gasteiger charge is -2.38. The van der Waals surface area contributed by atoms with Gasteiger partial charge >= 0.3 is 0 Å². The van der Waals surface area contributed by atoms with Gasteiger partial charge in [0.2, 0.25) is 0 Å². The van der Waals surface area contributed by atoms with Crippen molar-refractivity contribution in [1.82, 2.24) is 10.6 Å². The molecular formula is C8H16N2O. The van der Waals surface area contributed by atoms with Gasteiger partial charge in [0.1, 0.15) is 0 Å². The van der Waals surface area contributed by atoms with Crippen molar-refractivity contribution in [2.45, 2.75) is 31.5 Å². The summed E-state index contributed by atoms with van der Waals surface area (Å²) in [6, 6.07) is 1.07. The second-order valence-electron chi connectivity index (χ2n) is 4.16. The zero-order chi connectivity index (χ0) is 7.90. The predicted octanol–water partition coefficient (Wildman–Crippen LogP) is -0.275. The molecule has 2 aliphatic rings.